The average Bonchev–Trinajstić information content (AvgIpc) is 2.29. The molecule has 90 valence electrons. The molecule has 1 rings (SSSR count). The highest BCUT2D eigenvalue weighted by Crippen LogP contribution is 2.36. The monoisotopic (exact) mass is 221 g/mol. The van der Waals surface area contributed by atoms with Crippen molar-refractivity contribution < 1.29 is 4.74 Å². The van der Waals surface area contributed by atoms with Crippen molar-refractivity contribution in [2.24, 2.45) is 11.7 Å². The predicted octanol–water partition coefficient (Wildman–Crippen LogP) is 3.31. The van der Waals surface area contributed by atoms with Gasteiger partial charge in [-0.3, -0.25) is 0 Å². The van der Waals surface area contributed by atoms with Crippen LogP contribution in [0.1, 0.15) is 39.7 Å². The van der Waals surface area contributed by atoms with Crippen LogP contribution in [0.3, 0.4) is 0 Å². The van der Waals surface area contributed by atoms with Crippen LogP contribution in [-0.4, -0.2) is 6.61 Å². The third-order valence-electron chi connectivity index (χ3n) is 3.30. The molecular formula is C14H23NO. The normalized spacial score (nSPS) is 14.9. The van der Waals surface area contributed by atoms with Crippen LogP contribution >= 0.6 is 0 Å². The van der Waals surface area contributed by atoms with Crippen LogP contribution in [-0.2, 0) is 5.54 Å². The molecule has 16 heavy (non-hydrogen) atoms. The molecule has 2 heteroatoms. The molecule has 0 saturated heterocycles. The molecule has 2 nitrogen and oxygen atoms in total. The van der Waals surface area contributed by atoms with E-state index in [1.54, 1.807) is 0 Å². The molecule has 0 aliphatic rings. The fourth-order valence-electron chi connectivity index (χ4n) is 2.04. The van der Waals surface area contributed by atoms with E-state index in [9.17, 15) is 0 Å². The fourth-order valence-corrected chi connectivity index (χ4v) is 2.04. The first-order valence-corrected chi connectivity index (χ1v) is 6.07. The number of para-hydroxylation sites is 1. The van der Waals surface area contributed by atoms with Gasteiger partial charge in [0.05, 0.1) is 6.61 Å². The topological polar surface area (TPSA) is 35.2 Å². The molecular weight excluding hydrogens is 198 g/mol. The van der Waals surface area contributed by atoms with Gasteiger partial charge in [0.15, 0.2) is 0 Å². The van der Waals surface area contributed by atoms with Crippen molar-refractivity contribution in [3.8, 4) is 5.75 Å². The van der Waals surface area contributed by atoms with E-state index in [0.717, 1.165) is 17.7 Å². The summed E-state index contributed by atoms with van der Waals surface area (Å²) in [4.78, 5) is 0. The summed E-state index contributed by atoms with van der Waals surface area (Å²) in [6.07, 6.45) is 0.911. The molecule has 1 unspecified atom stereocenters. The van der Waals surface area contributed by atoms with Crippen LogP contribution in [0.25, 0.3) is 0 Å². The number of hydrogen-bond donors (Lipinski definition) is 1. The van der Waals surface area contributed by atoms with Gasteiger partial charge in [0.1, 0.15) is 5.75 Å². The van der Waals surface area contributed by atoms with Gasteiger partial charge in [-0.15, -0.1) is 0 Å². The fraction of sp³-hybridized carbons (Fsp3) is 0.571. The summed E-state index contributed by atoms with van der Waals surface area (Å²) in [6.45, 7) is 9.12. The Bertz CT molecular complexity index is 335. The maximum Gasteiger partial charge on any atom is 0.124 e. The van der Waals surface area contributed by atoms with Gasteiger partial charge in [-0.25, -0.2) is 0 Å². The summed E-state index contributed by atoms with van der Waals surface area (Å²) in [5.74, 6) is 1.31. The number of hydrogen-bond acceptors (Lipinski definition) is 2. The van der Waals surface area contributed by atoms with E-state index >= 15 is 0 Å². The highest BCUT2D eigenvalue weighted by Gasteiger charge is 2.31. The molecule has 0 bridgehead atoms. The minimum atomic E-state index is -0.300. The maximum absolute atomic E-state index is 6.51. The molecule has 2 N–H and O–H groups in total. The summed E-state index contributed by atoms with van der Waals surface area (Å²) in [5, 5.41) is 0. The zero-order valence-corrected chi connectivity index (χ0v) is 10.8. The van der Waals surface area contributed by atoms with Gasteiger partial charge in [0, 0.05) is 11.1 Å². The smallest absolute Gasteiger partial charge is 0.124 e. The van der Waals surface area contributed by atoms with Crippen molar-refractivity contribution >= 4 is 0 Å². The Kier molecular flexibility index (Phi) is 4.36. The lowest BCUT2D eigenvalue weighted by Crippen LogP contribution is -2.41. The van der Waals surface area contributed by atoms with E-state index in [4.69, 9.17) is 10.5 Å². The molecule has 0 fully saturated rings. The van der Waals surface area contributed by atoms with Crippen LogP contribution in [0, 0.1) is 5.92 Å². The lowest BCUT2D eigenvalue weighted by Gasteiger charge is -2.34. The molecule has 0 aliphatic carbocycles. The summed E-state index contributed by atoms with van der Waals surface area (Å²) in [5.41, 5.74) is 7.33. The molecule has 0 heterocycles. The molecule has 0 amide bonds. The minimum absolute atomic E-state index is 0.300. The first kappa shape index (κ1) is 13.0. The molecule has 0 aromatic heterocycles. The Labute approximate surface area is 98.8 Å². The maximum atomic E-state index is 6.51. The number of benzene rings is 1. The molecule has 0 saturated carbocycles. The van der Waals surface area contributed by atoms with Gasteiger partial charge in [-0.2, -0.15) is 0 Å². The minimum Gasteiger partial charge on any atom is -0.494 e. The molecule has 1 atom stereocenters. The summed E-state index contributed by atoms with van der Waals surface area (Å²) < 4.78 is 5.66. The van der Waals surface area contributed by atoms with Gasteiger partial charge in [0.2, 0.25) is 0 Å². The Morgan fingerprint density at radius 2 is 1.88 bits per heavy atom. The third kappa shape index (κ3) is 2.38. The van der Waals surface area contributed by atoms with Crippen LogP contribution in [0.2, 0.25) is 0 Å². The summed E-state index contributed by atoms with van der Waals surface area (Å²) in [6, 6.07) is 8.09. The van der Waals surface area contributed by atoms with Crippen molar-refractivity contribution in [1.29, 1.82) is 0 Å². The highest BCUT2D eigenvalue weighted by molar-refractivity contribution is 5.39. The number of nitrogens with two attached hydrogens (primary N) is 1. The first-order valence-electron chi connectivity index (χ1n) is 6.07. The van der Waals surface area contributed by atoms with Gasteiger partial charge < -0.3 is 10.5 Å². The third-order valence-corrected chi connectivity index (χ3v) is 3.30. The van der Waals surface area contributed by atoms with Crippen LogP contribution in [0.4, 0.5) is 0 Å². The van der Waals surface area contributed by atoms with E-state index in [-0.39, 0.29) is 5.54 Å². The zero-order chi connectivity index (χ0) is 12.2. The largest absolute Gasteiger partial charge is 0.494 e. The summed E-state index contributed by atoms with van der Waals surface area (Å²) in [7, 11) is 0. The van der Waals surface area contributed by atoms with Crippen LogP contribution in [0.15, 0.2) is 24.3 Å². The molecule has 1 aromatic carbocycles. The van der Waals surface area contributed by atoms with Gasteiger partial charge in [-0.1, -0.05) is 39.0 Å². The Morgan fingerprint density at radius 1 is 1.25 bits per heavy atom. The van der Waals surface area contributed by atoms with Gasteiger partial charge >= 0.3 is 0 Å². The standard InChI is InChI=1S/C14H23NO/c1-5-14(15,11(3)4)12-9-7-8-10-13(12)16-6-2/h7-11H,5-6,15H2,1-4H3. The predicted molar refractivity (Wildman–Crippen MR) is 68.6 cm³/mol. The second-order valence-electron chi connectivity index (χ2n) is 4.48. The summed E-state index contributed by atoms with van der Waals surface area (Å²) >= 11 is 0. The SMILES string of the molecule is CCOc1ccccc1C(N)(CC)C(C)C. The Hall–Kier alpha value is -1.02. The van der Waals surface area contributed by atoms with Gasteiger partial charge in [0.25, 0.3) is 0 Å². The van der Waals surface area contributed by atoms with E-state index in [2.05, 4.69) is 26.8 Å². The van der Waals surface area contributed by atoms with E-state index in [1.165, 1.54) is 0 Å². The van der Waals surface area contributed by atoms with Gasteiger partial charge in [-0.05, 0) is 25.3 Å². The van der Waals surface area contributed by atoms with Crippen molar-refractivity contribution in [2.75, 3.05) is 6.61 Å². The van der Waals surface area contributed by atoms with Crippen LogP contribution < -0.4 is 10.5 Å². The average molecular weight is 221 g/mol. The van der Waals surface area contributed by atoms with Crippen molar-refractivity contribution in [2.45, 2.75) is 39.7 Å². The van der Waals surface area contributed by atoms with Crippen molar-refractivity contribution in [1.82, 2.24) is 0 Å². The van der Waals surface area contributed by atoms with E-state index in [1.807, 2.05) is 25.1 Å². The molecule has 0 aliphatic heterocycles. The molecule has 1 aromatic rings. The number of ether oxygens (including phenoxy) is 1. The lowest BCUT2D eigenvalue weighted by atomic mass is 9.78. The highest BCUT2D eigenvalue weighted by atomic mass is 16.5. The van der Waals surface area contributed by atoms with E-state index in [0.29, 0.717) is 12.5 Å². The lowest BCUT2D eigenvalue weighted by molar-refractivity contribution is 0.277. The van der Waals surface area contributed by atoms with Crippen LogP contribution in [0.5, 0.6) is 5.75 Å². The second kappa shape index (κ2) is 5.35. The zero-order valence-electron chi connectivity index (χ0n) is 10.8. The molecule has 0 radical (unpaired) electrons. The quantitative estimate of drug-likeness (QED) is 0.828. The van der Waals surface area contributed by atoms with Crippen molar-refractivity contribution in [3.63, 3.8) is 0 Å². The van der Waals surface area contributed by atoms with E-state index < -0.39 is 0 Å². The Balaban J connectivity index is 3.18. The second-order valence-corrected chi connectivity index (χ2v) is 4.48. The Morgan fingerprint density at radius 3 is 2.38 bits per heavy atom. The first-order chi connectivity index (χ1) is 7.56. The molecule has 0 spiro atoms. The number of rotatable bonds is 5. The van der Waals surface area contributed by atoms with Crippen molar-refractivity contribution in [3.05, 3.63) is 29.8 Å².